The van der Waals surface area contributed by atoms with Gasteiger partial charge in [-0.15, -0.1) is 0 Å². The van der Waals surface area contributed by atoms with Crippen LogP contribution in [0.5, 0.6) is 6.01 Å². The molecule has 0 atom stereocenters. The van der Waals surface area contributed by atoms with Gasteiger partial charge >= 0.3 is 6.01 Å². The van der Waals surface area contributed by atoms with Crippen LogP contribution in [0.25, 0.3) is 11.4 Å². The summed E-state index contributed by atoms with van der Waals surface area (Å²) >= 11 is 0. The molecule has 112 valence electrons. The summed E-state index contributed by atoms with van der Waals surface area (Å²) in [5.74, 6) is 1.03. The molecule has 0 unspecified atom stereocenters. The van der Waals surface area contributed by atoms with E-state index in [9.17, 15) is 0 Å². The molecular weight excluding hydrogens is 284 g/mol. The first kappa shape index (κ1) is 14.1. The molecule has 0 amide bonds. The molecule has 8 heteroatoms. The number of nitrogens with one attached hydrogen (secondary N) is 1. The molecule has 0 radical (unpaired) electrons. The van der Waals surface area contributed by atoms with Crippen molar-refractivity contribution in [2.24, 2.45) is 0 Å². The van der Waals surface area contributed by atoms with Crippen molar-refractivity contribution in [1.82, 2.24) is 30.4 Å². The minimum atomic E-state index is 0.349. The molecule has 0 fully saturated rings. The van der Waals surface area contributed by atoms with Crippen LogP contribution in [-0.2, 0) is 13.1 Å². The third-order valence-corrected chi connectivity index (χ3v) is 2.86. The minimum Gasteiger partial charge on any atom is -0.467 e. The number of aromatic nitrogens is 5. The molecule has 0 saturated heterocycles. The lowest BCUT2D eigenvalue weighted by Crippen LogP contribution is -2.13. The van der Waals surface area contributed by atoms with E-state index in [1.807, 2.05) is 12.1 Å². The molecule has 1 N–H and O–H groups in total. The molecule has 3 heterocycles. The summed E-state index contributed by atoms with van der Waals surface area (Å²) in [6.07, 6.45) is 6.79. The average molecular weight is 298 g/mol. The maximum Gasteiger partial charge on any atom is 0.316 e. The molecule has 3 aromatic heterocycles. The Bertz CT molecular complexity index is 714. The smallest absolute Gasteiger partial charge is 0.316 e. The maximum atomic E-state index is 5.19. The van der Waals surface area contributed by atoms with Gasteiger partial charge in [0.05, 0.1) is 13.7 Å². The summed E-state index contributed by atoms with van der Waals surface area (Å²) in [6.45, 7) is 1.05. The molecule has 3 aromatic rings. The van der Waals surface area contributed by atoms with E-state index in [2.05, 4.69) is 30.4 Å². The van der Waals surface area contributed by atoms with Gasteiger partial charge in [0.25, 0.3) is 0 Å². The minimum absolute atomic E-state index is 0.349. The zero-order valence-electron chi connectivity index (χ0n) is 11.9. The number of pyridine rings is 1. The normalized spacial score (nSPS) is 10.6. The van der Waals surface area contributed by atoms with Crippen LogP contribution in [0.2, 0.25) is 0 Å². The topological polar surface area (TPSA) is 98.8 Å². The summed E-state index contributed by atoms with van der Waals surface area (Å²) in [4.78, 5) is 16.4. The van der Waals surface area contributed by atoms with E-state index in [-0.39, 0.29) is 0 Å². The third-order valence-electron chi connectivity index (χ3n) is 2.86. The SMILES string of the molecule is COc1ncc(CNCc2nc(-c3cccnc3)no2)cn1. The Labute approximate surface area is 126 Å². The zero-order valence-corrected chi connectivity index (χ0v) is 11.9. The van der Waals surface area contributed by atoms with Gasteiger partial charge in [-0.1, -0.05) is 5.16 Å². The highest BCUT2D eigenvalue weighted by molar-refractivity contribution is 5.51. The Balaban J connectivity index is 1.54. The molecule has 3 rings (SSSR count). The molecule has 0 saturated carbocycles. The van der Waals surface area contributed by atoms with E-state index in [0.717, 1.165) is 11.1 Å². The highest BCUT2D eigenvalue weighted by atomic mass is 16.5. The van der Waals surface area contributed by atoms with Gasteiger partial charge < -0.3 is 14.6 Å². The van der Waals surface area contributed by atoms with Crippen molar-refractivity contribution >= 4 is 0 Å². The Morgan fingerprint density at radius 2 is 2.05 bits per heavy atom. The van der Waals surface area contributed by atoms with E-state index in [0.29, 0.717) is 30.8 Å². The lowest BCUT2D eigenvalue weighted by molar-refractivity contribution is 0.366. The predicted molar refractivity (Wildman–Crippen MR) is 76.7 cm³/mol. The van der Waals surface area contributed by atoms with Gasteiger partial charge in [-0.25, -0.2) is 9.97 Å². The Kier molecular flexibility index (Phi) is 4.30. The van der Waals surface area contributed by atoms with Crippen molar-refractivity contribution in [2.75, 3.05) is 7.11 Å². The number of hydrogen-bond donors (Lipinski definition) is 1. The molecule has 0 bridgehead atoms. The van der Waals surface area contributed by atoms with Crippen LogP contribution in [0, 0.1) is 0 Å². The lowest BCUT2D eigenvalue weighted by atomic mass is 10.3. The van der Waals surface area contributed by atoms with Crippen molar-refractivity contribution in [3.05, 3.63) is 48.4 Å². The molecular formula is C14H14N6O2. The van der Waals surface area contributed by atoms with Crippen LogP contribution in [0.3, 0.4) is 0 Å². The summed E-state index contributed by atoms with van der Waals surface area (Å²) in [5.41, 5.74) is 1.76. The quantitative estimate of drug-likeness (QED) is 0.725. The van der Waals surface area contributed by atoms with Gasteiger partial charge in [0.1, 0.15) is 0 Å². The second-order valence-electron chi connectivity index (χ2n) is 4.43. The van der Waals surface area contributed by atoms with Gasteiger partial charge in [0, 0.05) is 42.5 Å². The highest BCUT2D eigenvalue weighted by Gasteiger charge is 2.08. The first-order valence-electron chi connectivity index (χ1n) is 6.64. The van der Waals surface area contributed by atoms with Crippen molar-refractivity contribution < 1.29 is 9.26 Å². The van der Waals surface area contributed by atoms with Crippen LogP contribution in [0.15, 0.2) is 41.4 Å². The lowest BCUT2D eigenvalue weighted by Gasteiger charge is -2.02. The molecule has 8 nitrogen and oxygen atoms in total. The molecule has 0 aliphatic heterocycles. The fourth-order valence-electron chi connectivity index (χ4n) is 1.79. The number of ether oxygens (including phenoxy) is 1. The molecule has 0 aliphatic rings. The van der Waals surface area contributed by atoms with Crippen LogP contribution in [-0.4, -0.2) is 32.2 Å². The Morgan fingerprint density at radius 3 is 2.77 bits per heavy atom. The molecule has 22 heavy (non-hydrogen) atoms. The summed E-state index contributed by atoms with van der Waals surface area (Å²) < 4.78 is 10.1. The van der Waals surface area contributed by atoms with Crippen LogP contribution >= 0.6 is 0 Å². The maximum absolute atomic E-state index is 5.19. The molecule has 0 spiro atoms. The fourth-order valence-corrected chi connectivity index (χ4v) is 1.79. The van der Waals surface area contributed by atoms with Crippen LogP contribution in [0.1, 0.15) is 11.5 Å². The Morgan fingerprint density at radius 1 is 1.18 bits per heavy atom. The van der Waals surface area contributed by atoms with Gasteiger partial charge in [-0.2, -0.15) is 4.98 Å². The standard InChI is InChI=1S/C14H14N6O2/c1-21-14-17-6-10(7-18-14)5-16-9-12-19-13(20-22-12)11-3-2-4-15-8-11/h2-4,6-8,16H,5,9H2,1H3. The second kappa shape index (κ2) is 6.72. The van der Waals surface area contributed by atoms with E-state index in [1.54, 1.807) is 24.8 Å². The van der Waals surface area contributed by atoms with E-state index in [1.165, 1.54) is 7.11 Å². The van der Waals surface area contributed by atoms with E-state index < -0.39 is 0 Å². The number of nitrogens with zero attached hydrogens (tertiary/aromatic N) is 5. The monoisotopic (exact) mass is 298 g/mol. The van der Waals surface area contributed by atoms with Gasteiger partial charge in [-0.05, 0) is 12.1 Å². The summed E-state index contributed by atoms with van der Waals surface area (Å²) in [7, 11) is 1.53. The van der Waals surface area contributed by atoms with Crippen molar-refractivity contribution in [3.8, 4) is 17.4 Å². The van der Waals surface area contributed by atoms with Crippen molar-refractivity contribution in [2.45, 2.75) is 13.1 Å². The summed E-state index contributed by atoms with van der Waals surface area (Å²) in [5, 5.41) is 7.11. The molecule has 0 aliphatic carbocycles. The molecule has 0 aromatic carbocycles. The highest BCUT2D eigenvalue weighted by Crippen LogP contribution is 2.13. The van der Waals surface area contributed by atoms with Crippen molar-refractivity contribution in [1.29, 1.82) is 0 Å². The van der Waals surface area contributed by atoms with Crippen LogP contribution in [0.4, 0.5) is 0 Å². The Hall–Kier alpha value is -2.87. The third kappa shape index (κ3) is 3.41. The summed E-state index contributed by atoms with van der Waals surface area (Å²) in [6, 6.07) is 4.05. The fraction of sp³-hybridized carbons (Fsp3) is 0.214. The average Bonchev–Trinajstić information content (AvgIpc) is 3.05. The van der Waals surface area contributed by atoms with E-state index in [4.69, 9.17) is 9.26 Å². The zero-order chi connectivity index (χ0) is 15.2. The van der Waals surface area contributed by atoms with Crippen molar-refractivity contribution in [3.63, 3.8) is 0 Å². The predicted octanol–water partition coefficient (Wildman–Crippen LogP) is 1.22. The van der Waals surface area contributed by atoms with E-state index >= 15 is 0 Å². The van der Waals surface area contributed by atoms with Gasteiger partial charge in [0.2, 0.25) is 11.7 Å². The second-order valence-corrected chi connectivity index (χ2v) is 4.43. The number of hydrogen-bond acceptors (Lipinski definition) is 8. The van der Waals surface area contributed by atoms with Crippen LogP contribution < -0.4 is 10.1 Å². The number of rotatable bonds is 6. The first-order chi connectivity index (χ1) is 10.8. The number of methoxy groups -OCH3 is 1. The largest absolute Gasteiger partial charge is 0.467 e. The van der Waals surface area contributed by atoms with Gasteiger partial charge in [-0.3, -0.25) is 4.98 Å². The van der Waals surface area contributed by atoms with Gasteiger partial charge in [0.15, 0.2) is 0 Å². The first-order valence-corrected chi connectivity index (χ1v) is 6.64.